The Kier molecular flexibility index (Phi) is 4.81. The lowest BCUT2D eigenvalue weighted by atomic mass is 10.0. The van der Waals surface area contributed by atoms with Crippen molar-refractivity contribution in [2.75, 3.05) is 6.54 Å². The zero-order valence-corrected chi connectivity index (χ0v) is 11.7. The van der Waals surface area contributed by atoms with E-state index in [1.165, 1.54) is 0 Å². The van der Waals surface area contributed by atoms with Crippen LogP contribution in [0.4, 0.5) is 0 Å². The summed E-state index contributed by atoms with van der Waals surface area (Å²) < 4.78 is 0. The third-order valence-electron chi connectivity index (χ3n) is 2.64. The van der Waals surface area contributed by atoms with E-state index in [2.05, 4.69) is 10.3 Å². The van der Waals surface area contributed by atoms with Crippen molar-refractivity contribution >= 4 is 23.0 Å². The van der Waals surface area contributed by atoms with Crippen LogP contribution in [0.2, 0.25) is 0 Å². The molecule has 2 aromatic rings. The second kappa shape index (κ2) is 6.81. The first-order valence-electron chi connectivity index (χ1n) is 6.28. The minimum absolute atomic E-state index is 0.519. The van der Waals surface area contributed by atoms with Crippen molar-refractivity contribution in [1.82, 2.24) is 5.32 Å². The first kappa shape index (κ1) is 13.4. The van der Waals surface area contributed by atoms with Crippen molar-refractivity contribution in [3.05, 3.63) is 71.8 Å². The smallest absolute Gasteiger partial charge is 0.193 e. The quantitative estimate of drug-likeness (QED) is 0.681. The highest BCUT2D eigenvalue weighted by molar-refractivity contribution is 7.80. The van der Waals surface area contributed by atoms with Crippen molar-refractivity contribution in [1.29, 1.82) is 0 Å². The molecular formula is C16H16N2S. The number of thiocarbonyl (C=S) groups is 1. The van der Waals surface area contributed by atoms with Gasteiger partial charge in [0.15, 0.2) is 5.11 Å². The van der Waals surface area contributed by atoms with E-state index in [0.29, 0.717) is 5.11 Å². The Morgan fingerprint density at radius 3 is 1.84 bits per heavy atom. The lowest BCUT2D eigenvalue weighted by Gasteiger charge is -2.08. The first-order valence-corrected chi connectivity index (χ1v) is 6.69. The minimum Gasteiger partial charge on any atom is -0.361 e. The Balaban J connectivity index is 2.43. The molecule has 0 saturated carbocycles. The van der Waals surface area contributed by atoms with Crippen LogP contribution in [-0.4, -0.2) is 17.4 Å². The third-order valence-corrected chi connectivity index (χ3v) is 2.87. The molecule has 0 aromatic heterocycles. The molecule has 0 aliphatic heterocycles. The summed E-state index contributed by atoms with van der Waals surface area (Å²) in [5, 5.41) is 3.58. The zero-order valence-electron chi connectivity index (χ0n) is 10.8. The number of aliphatic imine (C=N–C) groups is 1. The predicted molar refractivity (Wildman–Crippen MR) is 84.8 cm³/mol. The Bertz CT molecular complexity index is 520. The van der Waals surface area contributed by atoms with Crippen LogP contribution in [0.15, 0.2) is 65.7 Å². The molecule has 0 bridgehead atoms. The summed E-state index contributed by atoms with van der Waals surface area (Å²) in [7, 11) is 0. The van der Waals surface area contributed by atoms with Gasteiger partial charge in [0, 0.05) is 17.7 Å². The van der Waals surface area contributed by atoms with Gasteiger partial charge in [0.05, 0.1) is 5.71 Å². The molecule has 96 valence electrons. The third kappa shape index (κ3) is 3.73. The fourth-order valence-corrected chi connectivity index (χ4v) is 2.02. The van der Waals surface area contributed by atoms with Gasteiger partial charge in [0.2, 0.25) is 0 Å². The fraction of sp³-hybridized carbons (Fsp3) is 0.125. The number of nitrogens with one attached hydrogen (secondary N) is 1. The highest BCUT2D eigenvalue weighted by atomic mass is 32.1. The van der Waals surface area contributed by atoms with Crippen molar-refractivity contribution in [3.8, 4) is 0 Å². The molecule has 1 N–H and O–H groups in total. The SMILES string of the molecule is CCNC(=S)N=C(c1ccccc1)c1ccccc1. The Morgan fingerprint density at radius 1 is 0.947 bits per heavy atom. The van der Waals surface area contributed by atoms with Gasteiger partial charge in [-0.25, -0.2) is 4.99 Å². The van der Waals surface area contributed by atoms with Crippen LogP contribution in [0.25, 0.3) is 0 Å². The molecule has 0 spiro atoms. The molecule has 0 heterocycles. The van der Waals surface area contributed by atoms with Gasteiger partial charge in [0.25, 0.3) is 0 Å². The van der Waals surface area contributed by atoms with Gasteiger partial charge < -0.3 is 5.32 Å². The van der Waals surface area contributed by atoms with E-state index in [9.17, 15) is 0 Å². The second-order valence-corrected chi connectivity index (χ2v) is 4.41. The Hall–Kier alpha value is -2.00. The highest BCUT2D eigenvalue weighted by Gasteiger charge is 2.07. The van der Waals surface area contributed by atoms with Gasteiger partial charge in [-0.05, 0) is 19.1 Å². The summed E-state index contributed by atoms with van der Waals surface area (Å²) in [5.41, 5.74) is 3.02. The van der Waals surface area contributed by atoms with Crippen LogP contribution >= 0.6 is 12.2 Å². The molecule has 19 heavy (non-hydrogen) atoms. The van der Waals surface area contributed by atoms with Crippen LogP contribution in [0.5, 0.6) is 0 Å². The van der Waals surface area contributed by atoms with E-state index in [-0.39, 0.29) is 0 Å². The van der Waals surface area contributed by atoms with Crippen LogP contribution < -0.4 is 5.32 Å². The molecule has 3 heteroatoms. The van der Waals surface area contributed by atoms with E-state index in [1.54, 1.807) is 0 Å². The fourth-order valence-electron chi connectivity index (χ4n) is 1.78. The lowest BCUT2D eigenvalue weighted by Crippen LogP contribution is -2.20. The maximum Gasteiger partial charge on any atom is 0.193 e. The summed E-state index contributed by atoms with van der Waals surface area (Å²) >= 11 is 5.23. The van der Waals surface area contributed by atoms with E-state index in [0.717, 1.165) is 23.4 Å². The van der Waals surface area contributed by atoms with E-state index < -0.39 is 0 Å². The monoisotopic (exact) mass is 268 g/mol. The summed E-state index contributed by atoms with van der Waals surface area (Å²) in [6.45, 7) is 2.78. The lowest BCUT2D eigenvalue weighted by molar-refractivity contribution is 0.973. The van der Waals surface area contributed by atoms with Crippen molar-refractivity contribution in [2.45, 2.75) is 6.92 Å². The second-order valence-electron chi connectivity index (χ2n) is 4.03. The zero-order chi connectivity index (χ0) is 13.5. The summed E-state index contributed by atoms with van der Waals surface area (Å²) in [4.78, 5) is 4.54. The molecule has 0 aliphatic rings. The van der Waals surface area contributed by atoms with Gasteiger partial charge in [0.1, 0.15) is 0 Å². The average Bonchev–Trinajstić information content (AvgIpc) is 2.47. The molecular weight excluding hydrogens is 252 g/mol. The van der Waals surface area contributed by atoms with Gasteiger partial charge in [-0.15, -0.1) is 0 Å². The van der Waals surface area contributed by atoms with Gasteiger partial charge in [-0.3, -0.25) is 0 Å². The minimum atomic E-state index is 0.519. The Morgan fingerprint density at radius 2 is 1.42 bits per heavy atom. The molecule has 2 nitrogen and oxygen atoms in total. The summed E-state index contributed by atoms with van der Waals surface area (Å²) in [5.74, 6) is 0. The molecule has 0 fully saturated rings. The van der Waals surface area contributed by atoms with Crippen molar-refractivity contribution in [3.63, 3.8) is 0 Å². The highest BCUT2D eigenvalue weighted by Crippen LogP contribution is 2.11. The number of benzene rings is 2. The molecule has 0 amide bonds. The molecule has 2 aromatic carbocycles. The number of hydrogen-bond acceptors (Lipinski definition) is 1. The van der Waals surface area contributed by atoms with Gasteiger partial charge >= 0.3 is 0 Å². The topological polar surface area (TPSA) is 24.4 Å². The van der Waals surface area contributed by atoms with Crippen LogP contribution in [-0.2, 0) is 0 Å². The van der Waals surface area contributed by atoms with E-state index in [4.69, 9.17) is 12.2 Å². The van der Waals surface area contributed by atoms with Crippen LogP contribution in [0.3, 0.4) is 0 Å². The van der Waals surface area contributed by atoms with E-state index >= 15 is 0 Å². The molecule has 0 radical (unpaired) electrons. The maximum atomic E-state index is 5.23. The van der Waals surface area contributed by atoms with Crippen LogP contribution in [0.1, 0.15) is 18.1 Å². The summed E-state index contributed by atoms with van der Waals surface area (Å²) in [6, 6.07) is 20.2. The molecule has 0 atom stereocenters. The molecule has 2 rings (SSSR count). The van der Waals surface area contributed by atoms with Crippen molar-refractivity contribution in [2.24, 2.45) is 4.99 Å². The normalized spacial score (nSPS) is 9.74. The van der Waals surface area contributed by atoms with Crippen molar-refractivity contribution < 1.29 is 0 Å². The number of nitrogens with zero attached hydrogens (tertiary/aromatic N) is 1. The van der Waals surface area contributed by atoms with Gasteiger partial charge in [-0.2, -0.15) is 0 Å². The molecule has 0 unspecified atom stereocenters. The first-order chi connectivity index (χ1) is 9.31. The largest absolute Gasteiger partial charge is 0.361 e. The average molecular weight is 268 g/mol. The van der Waals surface area contributed by atoms with Gasteiger partial charge in [-0.1, -0.05) is 60.7 Å². The summed E-state index contributed by atoms with van der Waals surface area (Å²) in [6.07, 6.45) is 0. The predicted octanol–water partition coefficient (Wildman–Crippen LogP) is 3.42. The van der Waals surface area contributed by atoms with Crippen LogP contribution in [0, 0.1) is 0 Å². The van der Waals surface area contributed by atoms with E-state index in [1.807, 2.05) is 67.6 Å². The maximum absolute atomic E-state index is 5.23. The molecule has 0 saturated heterocycles. The standard InChI is InChI=1S/C16H16N2S/c1-2-17-16(19)18-15(13-9-5-3-6-10-13)14-11-7-4-8-12-14/h3-12H,2H2,1H3,(H,17,19). The number of rotatable bonds is 3. The Labute approximate surface area is 119 Å². The molecule has 0 aliphatic carbocycles. The number of hydrogen-bond donors (Lipinski definition) is 1.